The van der Waals surface area contributed by atoms with Crippen molar-refractivity contribution in [3.8, 4) is 5.75 Å². The molecule has 4 heteroatoms. The van der Waals surface area contributed by atoms with Crippen molar-refractivity contribution in [2.75, 3.05) is 20.2 Å². The summed E-state index contributed by atoms with van der Waals surface area (Å²) in [6.07, 6.45) is 3.18. The van der Waals surface area contributed by atoms with E-state index in [4.69, 9.17) is 4.74 Å². The average molecular weight is 362 g/mol. The number of carbonyl (C=O) groups excluding carboxylic acids is 1. The predicted molar refractivity (Wildman–Crippen MR) is 108 cm³/mol. The predicted octanol–water partition coefficient (Wildman–Crippen LogP) is 4.58. The molecule has 0 radical (unpaired) electrons. The van der Waals surface area contributed by atoms with Gasteiger partial charge in [0.15, 0.2) is 0 Å². The van der Waals surface area contributed by atoms with E-state index in [2.05, 4.69) is 36.2 Å². The first-order valence-electron chi connectivity index (χ1n) is 9.65. The Kier molecular flexibility index (Phi) is 4.88. The van der Waals surface area contributed by atoms with Gasteiger partial charge in [0.1, 0.15) is 5.75 Å². The Labute approximate surface area is 160 Å². The third-order valence-electron chi connectivity index (χ3n) is 5.74. The molecule has 2 heterocycles. The van der Waals surface area contributed by atoms with Crippen molar-refractivity contribution in [3.05, 3.63) is 65.4 Å². The van der Waals surface area contributed by atoms with Crippen molar-refractivity contribution in [3.63, 3.8) is 0 Å². The number of amides is 1. The van der Waals surface area contributed by atoms with Gasteiger partial charge in [-0.25, -0.2) is 0 Å². The van der Waals surface area contributed by atoms with Crippen LogP contribution in [0.3, 0.4) is 0 Å². The molecule has 0 saturated carbocycles. The molecule has 1 saturated heterocycles. The highest BCUT2D eigenvalue weighted by atomic mass is 16.5. The highest BCUT2D eigenvalue weighted by Crippen LogP contribution is 2.29. The molecule has 1 aliphatic heterocycles. The van der Waals surface area contributed by atoms with Crippen molar-refractivity contribution in [2.45, 2.75) is 26.2 Å². The highest BCUT2D eigenvalue weighted by Gasteiger charge is 2.25. The van der Waals surface area contributed by atoms with Gasteiger partial charge in [0, 0.05) is 35.2 Å². The monoisotopic (exact) mass is 362 g/mol. The van der Waals surface area contributed by atoms with Crippen molar-refractivity contribution >= 4 is 16.8 Å². The zero-order chi connectivity index (χ0) is 18.8. The molecule has 27 heavy (non-hydrogen) atoms. The smallest absolute Gasteiger partial charge is 0.253 e. The molecular weight excluding hydrogens is 336 g/mol. The number of H-pyrrole nitrogens is 1. The van der Waals surface area contributed by atoms with Crippen LogP contribution in [0.15, 0.2) is 48.5 Å². The van der Waals surface area contributed by atoms with Crippen LogP contribution in [0.1, 0.15) is 34.5 Å². The SMILES string of the molecule is COc1cccc(C(=O)N2CCC(Cc3c(C)[nH]c4ccccc34)CC2)c1. The Hall–Kier alpha value is -2.75. The van der Waals surface area contributed by atoms with Crippen LogP contribution in [0.5, 0.6) is 5.75 Å². The molecule has 0 atom stereocenters. The Morgan fingerprint density at radius 2 is 1.93 bits per heavy atom. The Morgan fingerprint density at radius 1 is 1.15 bits per heavy atom. The first kappa shape index (κ1) is 17.7. The molecule has 0 aliphatic carbocycles. The molecule has 4 rings (SSSR count). The van der Waals surface area contributed by atoms with Crippen LogP contribution in [0, 0.1) is 12.8 Å². The van der Waals surface area contributed by atoms with Gasteiger partial charge < -0.3 is 14.6 Å². The van der Waals surface area contributed by atoms with Gasteiger partial charge in [-0.05, 0) is 61.9 Å². The lowest BCUT2D eigenvalue weighted by Crippen LogP contribution is -2.38. The molecule has 0 unspecified atom stereocenters. The summed E-state index contributed by atoms with van der Waals surface area (Å²) in [6, 6.07) is 16.0. The number of hydrogen-bond donors (Lipinski definition) is 1. The second-order valence-corrected chi connectivity index (χ2v) is 7.45. The first-order valence-corrected chi connectivity index (χ1v) is 9.65. The van der Waals surface area contributed by atoms with Crippen molar-refractivity contribution in [1.29, 1.82) is 0 Å². The number of aryl methyl sites for hydroxylation is 1. The van der Waals surface area contributed by atoms with E-state index in [0.29, 0.717) is 11.5 Å². The van der Waals surface area contributed by atoms with Gasteiger partial charge in [-0.15, -0.1) is 0 Å². The second kappa shape index (κ2) is 7.47. The molecule has 3 aromatic rings. The van der Waals surface area contributed by atoms with Gasteiger partial charge in [-0.2, -0.15) is 0 Å². The van der Waals surface area contributed by atoms with E-state index in [1.54, 1.807) is 7.11 Å². The number of rotatable bonds is 4. The number of hydrogen-bond acceptors (Lipinski definition) is 2. The summed E-state index contributed by atoms with van der Waals surface area (Å²) in [6.45, 7) is 3.81. The largest absolute Gasteiger partial charge is 0.497 e. The first-order chi connectivity index (χ1) is 13.2. The van der Waals surface area contributed by atoms with Crippen molar-refractivity contribution in [2.24, 2.45) is 5.92 Å². The number of ether oxygens (including phenoxy) is 1. The molecule has 2 aromatic carbocycles. The lowest BCUT2D eigenvalue weighted by atomic mass is 9.89. The zero-order valence-corrected chi connectivity index (χ0v) is 16.0. The summed E-state index contributed by atoms with van der Waals surface area (Å²) >= 11 is 0. The average Bonchev–Trinajstić information content (AvgIpc) is 3.03. The minimum Gasteiger partial charge on any atom is -0.497 e. The number of nitrogens with zero attached hydrogens (tertiary/aromatic N) is 1. The van der Waals surface area contributed by atoms with E-state index in [1.165, 1.54) is 22.2 Å². The Bertz CT molecular complexity index is 952. The van der Waals surface area contributed by atoms with Gasteiger partial charge in [0.25, 0.3) is 5.91 Å². The number of aromatic nitrogens is 1. The molecule has 1 fully saturated rings. The third-order valence-corrected chi connectivity index (χ3v) is 5.74. The summed E-state index contributed by atoms with van der Waals surface area (Å²) in [5, 5.41) is 1.34. The Balaban J connectivity index is 1.41. The van der Waals surface area contributed by atoms with Crippen LogP contribution in [-0.2, 0) is 6.42 Å². The van der Waals surface area contributed by atoms with Crippen LogP contribution < -0.4 is 4.74 Å². The number of methoxy groups -OCH3 is 1. The van der Waals surface area contributed by atoms with E-state index >= 15 is 0 Å². The van der Waals surface area contributed by atoms with E-state index in [9.17, 15) is 4.79 Å². The highest BCUT2D eigenvalue weighted by molar-refractivity contribution is 5.94. The number of aromatic amines is 1. The quantitative estimate of drug-likeness (QED) is 0.738. The topological polar surface area (TPSA) is 45.3 Å². The van der Waals surface area contributed by atoms with Crippen LogP contribution in [-0.4, -0.2) is 36.0 Å². The number of carbonyl (C=O) groups is 1. The van der Waals surface area contributed by atoms with Gasteiger partial charge in [0.2, 0.25) is 0 Å². The van der Waals surface area contributed by atoms with Gasteiger partial charge in [0.05, 0.1) is 7.11 Å². The second-order valence-electron chi connectivity index (χ2n) is 7.45. The normalized spacial score (nSPS) is 15.3. The van der Waals surface area contributed by atoms with Gasteiger partial charge >= 0.3 is 0 Å². The van der Waals surface area contributed by atoms with Crippen LogP contribution in [0.2, 0.25) is 0 Å². The minimum atomic E-state index is 0.107. The standard InChI is InChI=1S/C23H26N2O2/c1-16-21(20-8-3-4-9-22(20)24-16)14-17-10-12-25(13-11-17)23(26)18-6-5-7-19(15-18)27-2/h3-9,15,17,24H,10-14H2,1-2H3. The van der Waals surface area contributed by atoms with Crippen LogP contribution in [0.4, 0.5) is 0 Å². The maximum atomic E-state index is 12.8. The lowest BCUT2D eigenvalue weighted by Gasteiger charge is -2.32. The summed E-state index contributed by atoms with van der Waals surface area (Å²) in [5.74, 6) is 1.46. The number of likely N-dealkylation sites (tertiary alicyclic amines) is 1. The molecule has 0 spiro atoms. The number of para-hydroxylation sites is 1. The van der Waals surface area contributed by atoms with Crippen LogP contribution in [0.25, 0.3) is 10.9 Å². The van der Waals surface area contributed by atoms with Crippen LogP contribution >= 0.6 is 0 Å². The number of fused-ring (bicyclic) bond motifs is 1. The fraction of sp³-hybridized carbons (Fsp3) is 0.348. The molecular formula is C23H26N2O2. The summed E-state index contributed by atoms with van der Waals surface area (Å²) in [5.41, 5.74) is 4.63. The van der Waals surface area contributed by atoms with Crippen molar-refractivity contribution < 1.29 is 9.53 Å². The fourth-order valence-electron chi connectivity index (χ4n) is 4.17. The van der Waals surface area contributed by atoms with Gasteiger partial charge in [-0.1, -0.05) is 24.3 Å². The van der Waals surface area contributed by atoms with E-state index < -0.39 is 0 Å². The molecule has 0 bridgehead atoms. The fourth-order valence-corrected chi connectivity index (χ4v) is 4.17. The molecule has 1 aliphatic rings. The molecule has 140 valence electrons. The maximum Gasteiger partial charge on any atom is 0.253 e. The Morgan fingerprint density at radius 3 is 2.70 bits per heavy atom. The molecule has 1 amide bonds. The summed E-state index contributed by atoms with van der Waals surface area (Å²) in [7, 11) is 1.63. The molecule has 1 aromatic heterocycles. The third kappa shape index (κ3) is 3.57. The lowest BCUT2D eigenvalue weighted by molar-refractivity contribution is 0.0690. The molecule has 1 N–H and O–H groups in total. The van der Waals surface area contributed by atoms with Crippen molar-refractivity contribution in [1.82, 2.24) is 9.88 Å². The van der Waals surface area contributed by atoms with E-state index in [-0.39, 0.29) is 5.91 Å². The van der Waals surface area contributed by atoms with Gasteiger partial charge in [-0.3, -0.25) is 4.79 Å². The maximum absolute atomic E-state index is 12.8. The van der Waals surface area contributed by atoms with E-state index in [1.807, 2.05) is 29.2 Å². The number of benzene rings is 2. The summed E-state index contributed by atoms with van der Waals surface area (Å²) in [4.78, 5) is 18.3. The minimum absolute atomic E-state index is 0.107. The van der Waals surface area contributed by atoms with E-state index in [0.717, 1.165) is 38.1 Å². The zero-order valence-electron chi connectivity index (χ0n) is 16.0. The number of nitrogens with one attached hydrogen (secondary N) is 1. The number of piperidine rings is 1. The molecule has 4 nitrogen and oxygen atoms in total. The summed E-state index contributed by atoms with van der Waals surface area (Å²) < 4.78 is 5.24.